The summed E-state index contributed by atoms with van der Waals surface area (Å²) in [7, 11) is 0. The second-order valence-electron chi connectivity index (χ2n) is 4.62. The molecule has 0 aliphatic heterocycles. The summed E-state index contributed by atoms with van der Waals surface area (Å²) in [5.41, 5.74) is 1.72. The largest absolute Gasteiger partial charge is 0.0622 e. The van der Waals surface area contributed by atoms with Gasteiger partial charge in [-0.1, -0.05) is 58.0 Å². The van der Waals surface area contributed by atoms with Crippen molar-refractivity contribution in [2.24, 2.45) is 5.41 Å². The first-order chi connectivity index (χ1) is 6.05. The lowest BCUT2D eigenvalue weighted by Crippen LogP contribution is -2.17. The Balaban J connectivity index is 2.92. The predicted octanol–water partition coefficient (Wildman–Crippen LogP) is 4.04. The van der Waals surface area contributed by atoms with E-state index in [-0.39, 0.29) is 0 Å². The Morgan fingerprint density at radius 1 is 1.15 bits per heavy atom. The number of hydrogen-bond donors (Lipinski definition) is 0. The summed E-state index contributed by atoms with van der Waals surface area (Å²) in [4.78, 5) is 0. The van der Waals surface area contributed by atoms with Crippen LogP contribution in [0.3, 0.4) is 0 Å². The molecule has 71 valence electrons. The molecule has 0 aliphatic rings. The van der Waals surface area contributed by atoms with E-state index in [1.54, 1.807) is 0 Å². The normalized spacial score (nSPS) is 14.2. The fourth-order valence-corrected chi connectivity index (χ4v) is 1.79. The lowest BCUT2D eigenvalue weighted by atomic mass is 9.75. The SMILES string of the molecule is [CH2]CC(c1ccccc1)C(C)(C)C. The first-order valence-electron chi connectivity index (χ1n) is 4.90. The predicted molar refractivity (Wildman–Crippen MR) is 58.6 cm³/mol. The Kier molecular flexibility index (Phi) is 3.13. The third-order valence-corrected chi connectivity index (χ3v) is 2.54. The monoisotopic (exact) mass is 175 g/mol. The van der Waals surface area contributed by atoms with Gasteiger partial charge >= 0.3 is 0 Å². The van der Waals surface area contributed by atoms with Gasteiger partial charge in [0.1, 0.15) is 0 Å². The lowest BCUT2D eigenvalue weighted by Gasteiger charge is -2.30. The summed E-state index contributed by atoms with van der Waals surface area (Å²) < 4.78 is 0. The Hall–Kier alpha value is -0.780. The number of hydrogen-bond acceptors (Lipinski definition) is 0. The minimum Gasteiger partial charge on any atom is -0.0622 e. The van der Waals surface area contributed by atoms with Crippen LogP contribution in [-0.2, 0) is 0 Å². The zero-order valence-electron chi connectivity index (χ0n) is 8.88. The van der Waals surface area contributed by atoms with Crippen LogP contribution in [0.1, 0.15) is 38.7 Å². The van der Waals surface area contributed by atoms with Crippen molar-refractivity contribution >= 4 is 0 Å². The van der Waals surface area contributed by atoms with Crippen LogP contribution in [0.4, 0.5) is 0 Å². The molecule has 13 heavy (non-hydrogen) atoms. The van der Waals surface area contributed by atoms with Crippen molar-refractivity contribution in [1.82, 2.24) is 0 Å². The maximum absolute atomic E-state index is 4.03. The number of rotatable bonds is 2. The molecule has 1 rings (SSSR count). The first kappa shape index (κ1) is 10.3. The Morgan fingerprint density at radius 3 is 2.08 bits per heavy atom. The van der Waals surface area contributed by atoms with Crippen molar-refractivity contribution in [1.29, 1.82) is 0 Å². The Morgan fingerprint density at radius 2 is 1.69 bits per heavy atom. The highest BCUT2D eigenvalue weighted by Gasteiger charge is 2.23. The molecular weight excluding hydrogens is 156 g/mol. The average molecular weight is 175 g/mol. The van der Waals surface area contributed by atoms with Crippen LogP contribution in [0.2, 0.25) is 0 Å². The van der Waals surface area contributed by atoms with Crippen molar-refractivity contribution in [3.8, 4) is 0 Å². The van der Waals surface area contributed by atoms with Gasteiger partial charge in [0, 0.05) is 0 Å². The van der Waals surface area contributed by atoms with Gasteiger partial charge in [-0.15, -0.1) is 0 Å². The summed E-state index contributed by atoms with van der Waals surface area (Å²) in [6.07, 6.45) is 0.966. The minimum atomic E-state index is 0.309. The van der Waals surface area contributed by atoms with E-state index in [4.69, 9.17) is 0 Å². The summed E-state index contributed by atoms with van der Waals surface area (Å²) in [5.74, 6) is 0.564. The van der Waals surface area contributed by atoms with Crippen LogP contribution in [0, 0.1) is 12.3 Å². The van der Waals surface area contributed by atoms with Crippen LogP contribution in [0.5, 0.6) is 0 Å². The fourth-order valence-electron chi connectivity index (χ4n) is 1.79. The lowest BCUT2D eigenvalue weighted by molar-refractivity contribution is 0.320. The van der Waals surface area contributed by atoms with Crippen molar-refractivity contribution in [3.05, 3.63) is 42.8 Å². The van der Waals surface area contributed by atoms with E-state index in [0.717, 1.165) is 6.42 Å². The maximum Gasteiger partial charge on any atom is -0.0113 e. The standard InChI is InChI=1S/C13H19/c1-5-12(13(2,3)4)11-9-7-6-8-10-11/h6-10,12H,1,5H2,2-4H3. The third kappa shape index (κ3) is 2.58. The molecule has 0 fully saturated rings. The van der Waals surface area contributed by atoms with E-state index in [1.807, 2.05) is 0 Å². The van der Waals surface area contributed by atoms with E-state index in [2.05, 4.69) is 58.0 Å². The van der Waals surface area contributed by atoms with Gasteiger partial charge in [0.15, 0.2) is 0 Å². The smallest absolute Gasteiger partial charge is 0.0113 e. The molecule has 0 N–H and O–H groups in total. The summed E-state index contributed by atoms with van der Waals surface area (Å²) in [5, 5.41) is 0. The van der Waals surface area contributed by atoms with Gasteiger partial charge < -0.3 is 0 Å². The molecule has 1 radical (unpaired) electrons. The minimum absolute atomic E-state index is 0.309. The van der Waals surface area contributed by atoms with E-state index in [0.29, 0.717) is 11.3 Å². The van der Waals surface area contributed by atoms with Crippen LogP contribution >= 0.6 is 0 Å². The van der Waals surface area contributed by atoms with E-state index in [9.17, 15) is 0 Å². The molecule has 1 atom stereocenters. The average Bonchev–Trinajstić information content (AvgIpc) is 2.05. The van der Waals surface area contributed by atoms with Gasteiger partial charge in [0.2, 0.25) is 0 Å². The van der Waals surface area contributed by atoms with Crippen molar-refractivity contribution in [2.75, 3.05) is 0 Å². The molecule has 0 aliphatic carbocycles. The molecule has 0 bridgehead atoms. The Labute approximate surface area is 82.0 Å². The zero-order chi connectivity index (χ0) is 9.90. The second kappa shape index (κ2) is 3.95. The maximum atomic E-state index is 4.03. The molecule has 0 aromatic heterocycles. The molecule has 1 unspecified atom stereocenters. The molecule has 0 nitrogen and oxygen atoms in total. The molecule has 0 saturated heterocycles. The first-order valence-corrected chi connectivity index (χ1v) is 4.90. The molecule has 1 aromatic rings. The quantitative estimate of drug-likeness (QED) is 0.636. The van der Waals surface area contributed by atoms with Crippen LogP contribution in [0.15, 0.2) is 30.3 Å². The highest BCUT2D eigenvalue weighted by Crippen LogP contribution is 2.36. The van der Waals surface area contributed by atoms with E-state index < -0.39 is 0 Å². The molecular formula is C13H19. The van der Waals surface area contributed by atoms with Gasteiger partial charge in [-0.25, -0.2) is 0 Å². The second-order valence-corrected chi connectivity index (χ2v) is 4.62. The van der Waals surface area contributed by atoms with Gasteiger partial charge in [-0.05, 0) is 23.3 Å². The fraction of sp³-hybridized carbons (Fsp3) is 0.462. The van der Waals surface area contributed by atoms with Gasteiger partial charge in [-0.2, -0.15) is 0 Å². The summed E-state index contributed by atoms with van der Waals surface area (Å²) in [6, 6.07) is 10.7. The molecule has 0 spiro atoms. The van der Waals surface area contributed by atoms with Gasteiger partial charge in [0.25, 0.3) is 0 Å². The van der Waals surface area contributed by atoms with E-state index in [1.165, 1.54) is 5.56 Å². The highest BCUT2D eigenvalue weighted by atomic mass is 14.3. The third-order valence-electron chi connectivity index (χ3n) is 2.54. The molecule has 0 amide bonds. The van der Waals surface area contributed by atoms with Crippen molar-refractivity contribution < 1.29 is 0 Å². The van der Waals surface area contributed by atoms with Crippen molar-refractivity contribution in [3.63, 3.8) is 0 Å². The molecule has 0 heteroatoms. The Bertz CT molecular complexity index is 240. The molecule has 0 heterocycles. The van der Waals surface area contributed by atoms with Gasteiger partial charge in [-0.3, -0.25) is 0 Å². The van der Waals surface area contributed by atoms with E-state index >= 15 is 0 Å². The van der Waals surface area contributed by atoms with Gasteiger partial charge in [0.05, 0.1) is 0 Å². The zero-order valence-corrected chi connectivity index (χ0v) is 8.88. The highest BCUT2D eigenvalue weighted by molar-refractivity contribution is 5.21. The topological polar surface area (TPSA) is 0 Å². The molecule has 1 aromatic carbocycles. The van der Waals surface area contributed by atoms with Crippen LogP contribution < -0.4 is 0 Å². The summed E-state index contributed by atoms with van der Waals surface area (Å²) in [6.45, 7) is 10.8. The van der Waals surface area contributed by atoms with Crippen LogP contribution in [-0.4, -0.2) is 0 Å². The van der Waals surface area contributed by atoms with Crippen molar-refractivity contribution in [2.45, 2.75) is 33.1 Å². The van der Waals surface area contributed by atoms with Crippen LogP contribution in [0.25, 0.3) is 0 Å². The molecule has 0 saturated carbocycles. The number of benzene rings is 1. The summed E-state index contributed by atoms with van der Waals surface area (Å²) >= 11 is 0.